The summed E-state index contributed by atoms with van der Waals surface area (Å²) in [4.78, 5) is 17.5. The zero-order valence-corrected chi connectivity index (χ0v) is 26.7. The van der Waals surface area contributed by atoms with Crippen LogP contribution < -0.4 is 5.32 Å². The Morgan fingerprint density at radius 1 is 0.902 bits per heavy atom. The first kappa shape index (κ1) is 32.3. The van der Waals surface area contributed by atoms with Crippen molar-refractivity contribution in [2.45, 2.75) is 82.6 Å². The molecule has 0 saturated carbocycles. The molecule has 0 saturated heterocycles. The number of carbonyl (C=O) groups is 1. The lowest BCUT2D eigenvalue weighted by atomic mass is 9.90. The van der Waals surface area contributed by atoms with E-state index in [1.807, 2.05) is 31.2 Å². The third-order valence-electron chi connectivity index (χ3n) is 6.39. The zero-order chi connectivity index (χ0) is 30.8. The summed E-state index contributed by atoms with van der Waals surface area (Å²) in [5, 5.41) is 2.84. The molecule has 1 amide bonds. The van der Waals surface area contributed by atoms with Crippen molar-refractivity contribution in [1.82, 2.24) is 10.3 Å². The number of alkyl carbamates (subject to hydrolysis) is 1. The highest BCUT2D eigenvalue weighted by atomic mass is 32.2. The maximum Gasteiger partial charge on any atom is 0.407 e. The molecule has 0 aliphatic heterocycles. The molecule has 0 unspecified atom stereocenters. The van der Waals surface area contributed by atoms with Gasteiger partial charge in [-0.2, -0.15) is 0 Å². The van der Waals surface area contributed by atoms with Crippen LogP contribution in [0.4, 0.5) is 4.79 Å². The Bertz CT molecular complexity index is 1620. The van der Waals surface area contributed by atoms with Gasteiger partial charge in [-0.3, -0.25) is 4.98 Å². The van der Waals surface area contributed by atoms with Crippen LogP contribution in [-0.2, 0) is 43.1 Å². The molecule has 0 fully saturated rings. The SMILES string of the molecule is Cc1ccc(-c2c(CS(=O)(=O)c3ccc(S(C)(=O)=O)cc3)c(C)nc(CC(C)C)c2CNC(=O)OC(C)(C)C)cc1. The molecule has 0 radical (unpaired) electrons. The van der Waals surface area contributed by atoms with E-state index in [1.54, 1.807) is 27.7 Å². The molecular weight excluding hydrogens is 560 g/mol. The van der Waals surface area contributed by atoms with Gasteiger partial charge in [0, 0.05) is 29.8 Å². The molecule has 0 bridgehead atoms. The summed E-state index contributed by atoms with van der Waals surface area (Å²) in [7, 11) is -7.36. The number of pyridine rings is 1. The maximum absolute atomic E-state index is 13.7. The first-order valence-electron chi connectivity index (χ1n) is 13.5. The monoisotopic (exact) mass is 600 g/mol. The van der Waals surface area contributed by atoms with Crippen LogP contribution in [0.5, 0.6) is 0 Å². The average Bonchev–Trinajstić information content (AvgIpc) is 2.83. The first-order chi connectivity index (χ1) is 18.9. The van der Waals surface area contributed by atoms with Crippen LogP contribution in [0.2, 0.25) is 0 Å². The van der Waals surface area contributed by atoms with Crippen LogP contribution in [0, 0.1) is 19.8 Å². The number of carbonyl (C=O) groups excluding carboxylic acids is 1. The molecule has 2 aromatic carbocycles. The maximum atomic E-state index is 13.7. The third kappa shape index (κ3) is 8.63. The van der Waals surface area contributed by atoms with Crippen LogP contribution in [-0.4, -0.2) is 39.8 Å². The van der Waals surface area contributed by atoms with Gasteiger partial charge >= 0.3 is 6.09 Å². The second kappa shape index (κ2) is 12.3. The molecule has 1 N–H and O–H groups in total. The number of benzene rings is 2. The zero-order valence-electron chi connectivity index (χ0n) is 25.0. The third-order valence-corrected chi connectivity index (χ3v) is 9.17. The molecule has 3 rings (SSSR count). The van der Waals surface area contributed by atoms with Crippen molar-refractivity contribution < 1.29 is 26.4 Å². The molecule has 8 nitrogen and oxygen atoms in total. The number of nitrogens with zero attached hydrogens (tertiary/aromatic N) is 1. The number of nitrogens with one attached hydrogen (secondary N) is 1. The molecule has 222 valence electrons. The highest BCUT2D eigenvalue weighted by Crippen LogP contribution is 2.35. The molecule has 41 heavy (non-hydrogen) atoms. The average molecular weight is 601 g/mol. The van der Waals surface area contributed by atoms with Crippen LogP contribution >= 0.6 is 0 Å². The van der Waals surface area contributed by atoms with Gasteiger partial charge in [-0.1, -0.05) is 43.7 Å². The Morgan fingerprint density at radius 2 is 1.46 bits per heavy atom. The van der Waals surface area contributed by atoms with Crippen LogP contribution in [0.25, 0.3) is 11.1 Å². The van der Waals surface area contributed by atoms with Gasteiger partial charge in [0.25, 0.3) is 0 Å². The second-order valence-electron chi connectivity index (χ2n) is 11.8. The van der Waals surface area contributed by atoms with Gasteiger partial charge in [0.2, 0.25) is 0 Å². The summed E-state index contributed by atoms with van der Waals surface area (Å²) >= 11 is 0. The fourth-order valence-electron chi connectivity index (χ4n) is 4.48. The standard InChI is InChI=1S/C31H40N2O6S2/c1-20(2)17-28-26(18-32-30(34)39-31(5,6)7)29(23-11-9-21(3)10-12-23)27(22(4)33-28)19-41(37,38)25-15-13-24(14-16-25)40(8,35)36/h9-16,20H,17-19H2,1-8H3,(H,32,34). The van der Waals surface area contributed by atoms with Crippen LogP contribution in [0.1, 0.15) is 62.7 Å². The van der Waals surface area contributed by atoms with Crippen molar-refractivity contribution in [2.24, 2.45) is 5.92 Å². The van der Waals surface area contributed by atoms with Crippen LogP contribution in [0.15, 0.2) is 58.3 Å². The Kier molecular flexibility index (Phi) is 9.70. The lowest BCUT2D eigenvalue weighted by Crippen LogP contribution is -2.32. The predicted octanol–water partition coefficient (Wildman–Crippen LogP) is 5.97. The number of hydrogen-bond donors (Lipinski definition) is 1. The minimum atomic E-state index is -3.89. The van der Waals surface area contributed by atoms with E-state index >= 15 is 0 Å². The minimum Gasteiger partial charge on any atom is -0.444 e. The molecule has 0 aliphatic rings. The normalized spacial score (nSPS) is 12.4. The highest BCUT2D eigenvalue weighted by molar-refractivity contribution is 7.91. The Balaban J connectivity index is 2.20. The molecule has 0 aliphatic carbocycles. The lowest BCUT2D eigenvalue weighted by Gasteiger charge is -2.24. The van der Waals surface area contributed by atoms with E-state index < -0.39 is 31.4 Å². The van der Waals surface area contributed by atoms with E-state index in [-0.39, 0.29) is 28.0 Å². The van der Waals surface area contributed by atoms with Crippen molar-refractivity contribution in [1.29, 1.82) is 0 Å². The first-order valence-corrected chi connectivity index (χ1v) is 17.0. The van der Waals surface area contributed by atoms with E-state index in [9.17, 15) is 21.6 Å². The number of ether oxygens (including phenoxy) is 1. The Morgan fingerprint density at radius 3 is 1.98 bits per heavy atom. The number of sulfone groups is 2. The topological polar surface area (TPSA) is 120 Å². The molecule has 1 heterocycles. The summed E-state index contributed by atoms with van der Waals surface area (Å²) < 4.78 is 56.6. The predicted molar refractivity (Wildman–Crippen MR) is 161 cm³/mol. The van der Waals surface area contributed by atoms with Gasteiger partial charge in [0.1, 0.15) is 5.60 Å². The second-order valence-corrected chi connectivity index (χ2v) is 15.8. The fraction of sp³-hybridized carbons (Fsp3) is 0.419. The minimum absolute atomic E-state index is 0.0128. The molecule has 0 spiro atoms. The lowest BCUT2D eigenvalue weighted by molar-refractivity contribution is 0.0523. The molecule has 1 aromatic heterocycles. The van der Waals surface area contributed by atoms with Crippen LogP contribution in [0.3, 0.4) is 0 Å². The van der Waals surface area contributed by atoms with Crippen molar-refractivity contribution in [3.05, 3.63) is 76.6 Å². The van der Waals surface area contributed by atoms with Crippen molar-refractivity contribution in [3.8, 4) is 11.1 Å². The van der Waals surface area contributed by atoms with E-state index in [0.717, 1.165) is 28.6 Å². The number of aromatic nitrogens is 1. The number of amides is 1. The fourth-order valence-corrected chi connectivity index (χ4v) is 6.56. The van der Waals surface area contributed by atoms with E-state index in [1.165, 1.54) is 24.3 Å². The Labute approximate surface area is 244 Å². The number of aryl methyl sites for hydroxylation is 2. The van der Waals surface area contributed by atoms with E-state index in [2.05, 4.69) is 19.2 Å². The Hall–Kier alpha value is -3.24. The highest BCUT2D eigenvalue weighted by Gasteiger charge is 2.26. The largest absolute Gasteiger partial charge is 0.444 e. The van der Waals surface area contributed by atoms with E-state index in [0.29, 0.717) is 23.2 Å². The van der Waals surface area contributed by atoms with Crippen molar-refractivity contribution in [3.63, 3.8) is 0 Å². The van der Waals surface area contributed by atoms with Gasteiger partial charge in [-0.15, -0.1) is 0 Å². The van der Waals surface area contributed by atoms with Gasteiger partial charge < -0.3 is 10.1 Å². The molecule has 10 heteroatoms. The van der Waals surface area contributed by atoms with E-state index in [4.69, 9.17) is 9.72 Å². The van der Waals surface area contributed by atoms with Gasteiger partial charge in [0.05, 0.1) is 15.5 Å². The molecule has 3 aromatic rings. The number of rotatable bonds is 9. The molecular formula is C31H40N2O6S2. The van der Waals surface area contributed by atoms with Crippen molar-refractivity contribution in [2.75, 3.05) is 6.26 Å². The molecule has 0 atom stereocenters. The summed E-state index contributed by atoms with van der Waals surface area (Å²) in [5.41, 5.74) is 4.51. The smallest absolute Gasteiger partial charge is 0.407 e. The summed E-state index contributed by atoms with van der Waals surface area (Å²) in [6, 6.07) is 13.0. The summed E-state index contributed by atoms with van der Waals surface area (Å²) in [6.45, 7) is 13.4. The summed E-state index contributed by atoms with van der Waals surface area (Å²) in [5.74, 6) is -0.0923. The number of hydrogen-bond acceptors (Lipinski definition) is 7. The van der Waals surface area contributed by atoms with Gasteiger partial charge in [-0.05, 0) is 87.9 Å². The quantitative estimate of drug-likeness (QED) is 0.322. The summed E-state index contributed by atoms with van der Waals surface area (Å²) in [6.07, 6.45) is 1.12. The van der Waals surface area contributed by atoms with Gasteiger partial charge in [0.15, 0.2) is 19.7 Å². The van der Waals surface area contributed by atoms with Crippen molar-refractivity contribution >= 4 is 25.8 Å². The van der Waals surface area contributed by atoms with Gasteiger partial charge in [-0.25, -0.2) is 21.6 Å².